The van der Waals surface area contributed by atoms with Crippen molar-refractivity contribution in [3.8, 4) is 0 Å². The number of thiophene rings is 1. The first-order valence-electron chi connectivity index (χ1n) is 8.51. The number of aryl methyl sites for hydroxylation is 2. The number of carbonyl (C=O) groups is 1. The van der Waals surface area contributed by atoms with Gasteiger partial charge in [0.15, 0.2) is 11.6 Å². The van der Waals surface area contributed by atoms with E-state index in [0.717, 1.165) is 21.8 Å². The van der Waals surface area contributed by atoms with E-state index in [1.165, 1.54) is 16.9 Å². The van der Waals surface area contributed by atoms with Crippen LogP contribution < -0.4 is 5.48 Å². The molecule has 0 radical (unpaired) electrons. The largest absolute Gasteiger partial charge is 0.338 e. The van der Waals surface area contributed by atoms with Crippen LogP contribution in [0.3, 0.4) is 0 Å². The zero-order valence-corrected chi connectivity index (χ0v) is 15.2. The van der Waals surface area contributed by atoms with Crippen molar-refractivity contribution in [3.63, 3.8) is 0 Å². The summed E-state index contributed by atoms with van der Waals surface area (Å²) in [5, 5.41) is 1.97. The van der Waals surface area contributed by atoms with Crippen molar-refractivity contribution in [2.24, 2.45) is 4.99 Å². The molecule has 1 amide bonds. The molecule has 25 heavy (non-hydrogen) atoms. The third kappa shape index (κ3) is 3.07. The average molecular weight is 355 g/mol. The van der Waals surface area contributed by atoms with E-state index in [4.69, 9.17) is 9.83 Å². The second-order valence-corrected chi connectivity index (χ2v) is 7.62. The van der Waals surface area contributed by atoms with E-state index in [-0.39, 0.29) is 5.91 Å². The van der Waals surface area contributed by atoms with Crippen LogP contribution in [0.1, 0.15) is 39.2 Å². The Balaban J connectivity index is 1.45. The summed E-state index contributed by atoms with van der Waals surface area (Å²) in [7, 11) is 0. The summed E-state index contributed by atoms with van der Waals surface area (Å²) in [5.41, 5.74) is 5.72. The molecule has 0 unspecified atom stereocenters. The van der Waals surface area contributed by atoms with Crippen LogP contribution in [0.15, 0.2) is 40.7 Å². The quantitative estimate of drug-likeness (QED) is 0.899. The third-order valence-corrected chi connectivity index (χ3v) is 5.87. The zero-order valence-electron chi connectivity index (χ0n) is 14.4. The number of hydroxylamine groups is 1. The summed E-state index contributed by atoms with van der Waals surface area (Å²) >= 11 is 1.51. The van der Waals surface area contributed by atoms with Crippen molar-refractivity contribution < 1.29 is 9.63 Å². The Morgan fingerprint density at radius 3 is 2.56 bits per heavy atom. The number of nitrogens with zero attached hydrogens (tertiary/aromatic N) is 2. The van der Waals surface area contributed by atoms with Crippen molar-refractivity contribution in [2.75, 3.05) is 13.1 Å². The number of amidine groups is 1. The summed E-state index contributed by atoms with van der Waals surface area (Å²) in [6.45, 7) is 5.36. The Morgan fingerprint density at radius 2 is 1.92 bits per heavy atom. The van der Waals surface area contributed by atoms with Crippen LogP contribution in [0.5, 0.6) is 0 Å². The Hall–Kier alpha value is -2.18. The molecule has 1 aromatic heterocycles. The molecular weight excluding hydrogens is 334 g/mol. The molecule has 2 aromatic rings. The molecule has 5 nitrogen and oxygen atoms in total. The molecule has 0 saturated carbocycles. The summed E-state index contributed by atoms with van der Waals surface area (Å²) in [6, 6.07) is 10.2. The highest BCUT2D eigenvalue weighted by atomic mass is 32.1. The molecule has 1 saturated heterocycles. The summed E-state index contributed by atoms with van der Waals surface area (Å²) in [5.74, 6) is 0.893. The number of aliphatic imine (C=N–C) groups is 1. The summed E-state index contributed by atoms with van der Waals surface area (Å²) in [6.07, 6.45) is 1.40. The van der Waals surface area contributed by atoms with Crippen molar-refractivity contribution in [2.45, 2.75) is 32.4 Å². The molecule has 6 heteroatoms. The minimum Gasteiger partial charge on any atom is -0.338 e. The SMILES string of the molecule is Cc1ccc(C2=NC3(CCN(C(=O)c4sccc4C)CC3)ON2)cc1. The highest BCUT2D eigenvalue weighted by Crippen LogP contribution is 2.32. The fraction of sp³-hybridized carbons (Fsp3) is 0.368. The second kappa shape index (κ2) is 6.28. The molecule has 3 heterocycles. The van der Waals surface area contributed by atoms with Crippen molar-refractivity contribution >= 4 is 23.1 Å². The van der Waals surface area contributed by atoms with Crippen LogP contribution in [-0.4, -0.2) is 35.5 Å². The van der Waals surface area contributed by atoms with Crippen LogP contribution in [0.25, 0.3) is 0 Å². The van der Waals surface area contributed by atoms with Crippen LogP contribution in [0, 0.1) is 13.8 Å². The summed E-state index contributed by atoms with van der Waals surface area (Å²) < 4.78 is 0. The molecule has 1 N–H and O–H groups in total. The average Bonchev–Trinajstić information content (AvgIpc) is 3.23. The fourth-order valence-corrected chi connectivity index (χ4v) is 4.13. The smallest absolute Gasteiger partial charge is 0.264 e. The molecule has 0 atom stereocenters. The number of hydrogen-bond acceptors (Lipinski definition) is 5. The van der Waals surface area contributed by atoms with Gasteiger partial charge in [-0.15, -0.1) is 11.3 Å². The first-order valence-corrected chi connectivity index (χ1v) is 9.39. The second-order valence-electron chi connectivity index (χ2n) is 6.70. The van der Waals surface area contributed by atoms with Crippen LogP contribution in [-0.2, 0) is 4.84 Å². The molecule has 1 spiro atoms. The van der Waals surface area contributed by atoms with E-state index in [1.807, 2.05) is 35.4 Å². The Kier molecular flexibility index (Phi) is 4.09. The Labute approximate surface area is 151 Å². The van der Waals surface area contributed by atoms with Gasteiger partial charge in [0.05, 0.1) is 4.88 Å². The maximum atomic E-state index is 12.6. The van der Waals surface area contributed by atoms with Gasteiger partial charge in [0.25, 0.3) is 5.91 Å². The van der Waals surface area contributed by atoms with Crippen molar-refractivity contribution in [1.82, 2.24) is 10.4 Å². The lowest BCUT2D eigenvalue weighted by molar-refractivity contribution is -0.0849. The highest BCUT2D eigenvalue weighted by molar-refractivity contribution is 7.12. The number of nitrogens with one attached hydrogen (secondary N) is 1. The van der Waals surface area contributed by atoms with E-state index in [2.05, 4.69) is 24.5 Å². The molecule has 1 aromatic carbocycles. The first-order chi connectivity index (χ1) is 12.1. The lowest BCUT2D eigenvalue weighted by Crippen LogP contribution is -2.46. The number of hydrogen-bond donors (Lipinski definition) is 1. The zero-order chi connectivity index (χ0) is 17.4. The predicted octanol–water partition coefficient (Wildman–Crippen LogP) is 3.28. The molecule has 130 valence electrons. The maximum absolute atomic E-state index is 12.6. The van der Waals surface area contributed by atoms with E-state index in [9.17, 15) is 4.79 Å². The standard InChI is InChI=1S/C19H21N3O2S/c1-13-3-5-15(6-4-13)17-20-19(24-21-17)8-10-22(11-9-19)18(23)16-14(2)7-12-25-16/h3-7,12H,8-11H2,1-2H3,(H,20,21). The monoisotopic (exact) mass is 355 g/mol. The molecule has 4 rings (SSSR count). The maximum Gasteiger partial charge on any atom is 0.264 e. The van der Waals surface area contributed by atoms with Crippen LogP contribution in [0.4, 0.5) is 0 Å². The van der Waals surface area contributed by atoms with Crippen LogP contribution >= 0.6 is 11.3 Å². The van der Waals surface area contributed by atoms with Gasteiger partial charge in [-0.3, -0.25) is 4.79 Å². The molecule has 2 aliphatic heterocycles. The van der Waals surface area contributed by atoms with Crippen LogP contribution in [0.2, 0.25) is 0 Å². The van der Waals surface area contributed by atoms with Gasteiger partial charge in [-0.05, 0) is 30.9 Å². The first kappa shape index (κ1) is 16.3. The van der Waals surface area contributed by atoms with Gasteiger partial charge >= 0.3 is 0 Å². The lowest BCUT2D eigenvalue weighted by Gasteiger charge is -2.35. The Bertz CT molecular complexity index is 817. The lowest BCUT2D eigenvalue weighted by atomic mass is 10.0. The van der Waals surface area contributed by atoms with Gasteiger partial charge in [-0.25, -0.2) is 15.3 Å². The van der Waals surface area contributed by atoms with E-state index >= 15 is 0 Å². The van der Waals surface area contributed by atoms with Gasteiger partial charge in [0.1, 0.15) is 0 Å². The number of piperidine rings is 1. The number of carbonyl (C=O) groups excluding carboxylic acids is 1. The molecule has 2 aliphatic rings. The van der Waals surface area contributed by atoms with E-state index < -0.39 is 5.72 Å². The Morgan fingerprint density at radius 1 is 1.20 bits per heavy atom. The normalized spacial score (nSPS) is 19.0. The fourth-order valence-electron chi connectivity index (χ4n) is 3.24. The van der Waals surface area contributed by atoms with Gasteiger partial charge in [-0.1, -0.05) is 29.8 Å². The number of likely N-dealkylation sites (tertiary alicyclic amines) is 1. The third-order valence-electron chi connectivity index (χ3n) is 4.87. The highest BCUT2D eigenvalue weighted by Gasteiger charge is 2.41. The van der Waals surface area contributed by atoms with Gasteiger partial charge in [-0.2, -0.15) is 0 Å². The summed E-state index contributed by atoms with van der Waals surface area (Å²) in [4.78, 5) is 26.0. The predicted molar refractivity (Wildman–Crippen MR) is 98.9 cm³/mol. The molecular formula is C19H21N3O2S. The molecule has 0 aliphatic carbocycles. The number of benzene rings is 1. The van der Waals surface area contributed by atoms with Gasteiger partial charge < -0.3 is 4.90 Å². The number of amides is 1. The topological polar surface area (TPSA) is 53.9 Å². The van der Waals surface area contributed by atoms with Crippen molar-refractivity contribution in [1.29, 1.82) is 0 Å². The van der Waals surface area contributed by atoms with Crippen molar-refractivity contribution in [3.05, 3.63) is 57.3 Å². The number of rotatable bonds is 2. The molecule has 1 fully saturated rings. The van der Waals surface area contributed by atoms with E-state index in [1.54, 1.807) is 0 Å². The van der Waals surface area contributed by atoms with Gasteiger partial charge in [0, 0.05) is 31.5 Å². The minimum atomic E-state index is -0.554. The molecule has 0 bridgehead atoms. The van der Waals surface area contributed by atoms with E-state index in [0.29, 0.717) is 25.9 Å². The van der Waals surface area contributed by atoms with Gasteiger partial charge in [0.2, 0.25) is 0 Å². The minimum absolute atomic E-state index is 0.121.